The maximum absolute atomic E-state index is 14.0. The number of anilines is 1. The molecule has 0 bridgehead atoms. The molecule has 1 amide bonds. The molecule has 0 spiro atoms. The second-order valence-corrected chi connectivity index (χ2v) is 11.4. The number of Topliss-reactive ketones (excluding diaryl/α,β-unsaturated/α-hetero) is 1. The number of fused-ring (bicyclic) bond motifs is 2. The number of furan rings is 1. The minimum Gasteiger partial charge on any atom is -0.503 e. The average molecular weight is 583 g/mol. The van der Waals surface area contributed by atoms with Gasteiger partial charge in [-0.25, -0.2) is 4.98 Å². The number of hydrogen-bond acceptors (Lipinski definition) is 8. The molecule has 1 atom stereocenters. The molecule has 0 saturated heterocycles. The normalized spacial score (nSPS) is 15.3. The summed E-state index contributed by atoms with van der Waals surface area (Å²) in [4.78, 5) is 34.0. The number of unbranched alkanes of at least 4 members (excludes halogenated alkanes) is 1. The van der Waals surface area contributed by atoms with Gasteiger partial charge in [-0.3, -0.25) is 14.5 Å². The first-order chi connectivity index (χ1) is 20.3. The van der Waals surface area contributed by atoms with E-state index in [-0.39, 0.29) is 11.3 Å². The van der Waals surface area contributed by atoms with E-state index >= 15 is 0 Å². The molecular formula is C33H30N2O6S. The predicted octanol–water partition coefficient (Wildman–Crippen LogP) is 7.63. The van der Waals surface area contributed by atoms with Crippen LogP contribution in [0.2, 0.25) is 0 Å². The van der Waals surface area contributed by atoms with Crippen LogP contribution in [0.1, 0.15) is 53.1 Å². The Morgan fingerprint density at radius 2 is 1.90 bits per heavy atom. The fraction of sp³-hybridized carbons (Fsp3) is 0.242. The van der Waals surface area contributed by atoms with Crippen LogP contribution in [-0.4, -0.2) is 35.5 Å². The number of hydrogen-bond donors (Lipinski definition) is 1. The summed E-state index contributed by atoms with van der Waals surface area (Å²) in [5, 5.41) is 12.4. The molecular weight excluding hydrogens is 552 g/mol. The highest BCUT2D eigenvalue weighted by Crippen LogP contribution is 2.46. The molecule has 1 N–H and O–H groups in total. The maximum atomic E-state index is 14.0. The fourth-order valence-corrected chi connectivity index (χ4v) is 6.51. The lowest BCUT2D eigenvalue weighted by Crippen LogP contribution is -2.31. The van der Waals surface area contributed by atoms with Crippen molar-refractivity contribution in [3.05, 3.63) is 94.4 Å². The monoisotopic (exact) mass is 582 g/mol. The summed E-state index contributed by atoms with van der Waals surface area (Å²) in [5.74, 6) is -0.904. The summed E-state index contributed by atoms with van der Waals surface area (Å²) in [7, 11) is 1.54. The number of methoxy groups -OCH3 is 1. The van der Waals surface area contributed by atoms with Gasteiger partial charge in [0.15, 0.2) is 28.1 Å². The Bertz CT molecular complexity index is 1850. The molecule has 42 heavy (non-hydrogen) atoms. The third kappa shape index (κ3) is 4.69. The van der Waals surface area contributed by atoms with Crippen LogP contribution in [0.25, 0.3) is 21.2 Å². The number of thiazole rings is 1. The van der Waals surface area contributed by atoms with Crippen molar-refractivity contribution in [2.75, 3.05) is 18.6 Å². The van der Waals surface area contributed by atoms with Crippen LogP contribution < -0.4 is 14.4 Å². The number of aliphatic hydroxyl groups is 1. The van der Waals surface area contributed by atoms with E-state index < -0.39 is 23.5 Å². The highest BCUT2D eigenvalue weighted by Gasteiger charge is 2.47. The molecule has 0 saturated carbocycles. The Kier molecular flexibility index (Phi) is 7.20. The first-order valence-corrected chi connectivity index (χ1v) is 14.6. The molecule has 0 fully saturated rings. The van der Waals surface area contributed by atoms with E-state index in [4.69, 9.17) is 18.9 Å². The quantitative estimate of drug-likeness (QED) is 0.141. The summed E-state index contributed by atoms with van der Waals surface area (Å²) >= 11 is 1.33. The van der Waals surface area contributed by atoms with Gasteiger partial charge >= 0.3 is 0 Å². The van der Waals surface area contributed by atoms with Gasteiger partial charge in [0.1, 0.15) is 5.58 Å². The number of carbonyl (C=O) groups excluding carboxylic acids is 2. The van der Waals surface area contributed by atoms with E-state index in [1.807, 2.05) is 44.2 Å². The van der Waals surface area contributed by atoms with Crippen LogP contribution in [-0.2, 0) is 4.79 Å². The van der Waals surface area contributed by atoms with Crippen LogP contribution in [0.15, 0.2) is 76.4 Å². The smallest absolute Gasteiger partial charge is 0.296 e. The van der Waals surface area contributed by atoms with Crippen LogP contribution in [0.5, 0.6) is 11.5 Å². The molecule has 214 valence electrons. The minimum absolute atomic E-state index is 0.0275. The second-order valence-electron chi connectivity index (χ2n) is 10.4. The van der Waals surface area contributed by atoms with Gasteiger partial charge in [-0.15, -0.1) is 0 Å². The first kappa shape index (κ1) is 27.5. The lowest BCUT2D eigenvalue weighted by Gasteiger charge is -2.25. The third-order valence-corrected chi connectivity index (χ3v) is 8.39. The summed E-state index contributed by atoms with van der Waals surface area (Å²) in [5.41, 5.74) is 3.81. The van der Waals surface area contributed by atoms with Crippen molar-refractivity contribution in [1.29, 1.82) is 0 Å². The number of ketones is 1. The summed E-state index contributed by atoms with van der Waals surface area (Å²) in [6.07, 6.45) is 1.87. The van der Waals surface area contributed by atoms with E-state index in [1.54, 1.807) is 30.3 Å². The molecule has 8 nitrogen and oxygen atoms in total. The molecule has 3 aromatic carbocycles. The van der Waals surface area contributed by atoms with Crippen LogP contribution in [0, 0.1) is 13.8 Å². The molecule has 6 rings (SSSR count). The largest absolute Gasteiger partial charge is 0.503 e. The Hall–Kier alpha value is -4.63. The van der Waals surface area contributed by atoms with E-state index in [0.29, 0.717) is 34.4 Å². The Balaban J connectivity index is 1.50. The number of amides is 1. The van der Waals surface area contributed by atoms with Crippen molar-refractivity contribution < 1.29 is 28.6 Å². The van der Waals surface area contributed by atoms with Gasteiger partial charge in [-0.2, -0.15) is 0 Å². The van der Waals surface area contributed by atoms with Gasteiger partial charge < -0.3 is 19.0 Å². The highest BCUT2D eigenvalue weighted by atomic mass is 32.1. The van der Waals surface area contributed by atoms with Crippen LogP contribution >= 0.6 is 11.3 Å². The van der Waals surface area contributed by atoms with E-state index in [9.17, 15) is 14.7 Å². The van der Waals surface area contributed by atoms with E-state index in [1.165, 1.54) is 23.3 Å². The van der Waals surface area contributed by atoms with Crippen molar-refractivity contribution in [3.63, 3.8) is 0 Å². The predicted molar refractivity (Wildman–Crippen MR) is 163 cm³/mol. The summed E-state index contributed by atoms with van der Waals surface area (Å²) in [6.45, 7) is 6.58. The van der Waals surface area contributed by atoms with Crippen molar-refractivity contribution in [2.45, 2.75) is 39.7 Å². The zero-order valence-electron chi connectivity index (χ0n) is 23.8. The van der Waals surface area contributed by atoms with Crippen molar-refractivity contribution in [2.24, 2.45) is 0 Å². The number of benzene rings is 3. The van der Waals surface area contributed by atoms with Gasteiger partial charge in [0.2, 0.25) is 5.78 Å². The van der Waals surface area contributed by atoms with Gasteiger partial charge in [0.05, 0.1) is 35.5 Å². The lowest BCUT2D eigenvalue weighted by atomic mass is 9.95. The zero-order chi connectivity index (χ0) is 29.5. The molecule has 0 radical (unpaired) electrons. The van der Waals surface area contributed by atoms with Gasteiger partial charge in [0.25, 0.3) is 5.91 Å². The summed E-state index contributed by atoms with van der Waals surface area (Å²) < 4.78 is 18.3. The molecule has 1 aliphatic heterocycles. The van der Waals surface area contributed by atoms with Crippen molar-refractivity contribution in [3.8, 4) is 11.5 Å². The third-order valence-electron chi connectivity index (χ3n) is 7.39. The Labute approximate surface area is 246 Å². The molecule has 9 heteroatoms. The van der Waals surface area contributed by atoms with Crippen LogP contribution in [0.3, 0.4) is 0 Å². The van der Waals surface area contributed by atoms with Crippen molar-refractivity contribution in [1.82, 2.24) is 4.98 Å². The second kappa shape index (κ2) is 11.0. The molecule has 1 aliphatic rings. The van der Waals surface area contributed by atoms with E-state index in [2.05, 4.69) is 6.92 Å². The molecule has 3 heterocycles. The molecule has 0 aliphatic carbocycles. The van der Waals surface area contributed by atoms with Gasteiger partial charge in [0, 0.05) is 5.39 Å². The number of carbonyl (C=O) groups is 2. The van der Waals surface area contributed by atoms with Crippen LogP contribution in [0.4, 0.5) is 5.13 Å². The topological polar surface area (TPSA) is 102 Å². The zero-order valence-corrected chi connectivity index (χ0v) is 24.6. The average Bonchev–Trinajstić information content (AvgIpc) is 3.67. The number of rotatable bonds is 9. The molecule has 2 aromatic heterocycles. The molecule has 5 aromatic rings. The van der Waals surface area contributed by atoms with Gasteiger partial charge in [-0.1, -0.05) is 55.0 Å². The first-order valence-electron chi connectivity index (χ1n) is 13.8. The number of ether oxygens (including phenoxy) is 2. The minimum atomic E-state index is -0.987. The number of para-hydroxylation sites is 1. The fourth-order valence-electron chi connectivity index (χ4n) is 5.34. The Morgan fingerprint density at radius 1 is 1.10 bits per heavy atom. The highest BCUT2D eigenvalue weighted by molar-refractivity contribution is 7.22. The summed E-state index contributed by atoms with van der Waals surface area (Å²) in [6, 6.07) is 17.2. The molecule has 0 unspecified atom stereocenters. The van der Waals surface area contributed by atoms with E-state index in [0.717, 1.165) is 39.6 Å². The maximum Gasteiger partial charge on any atom is 0.296 e. The standard InChI is InChI=1S/C33H30N2O6S/c1-5-6-13-40-23-12-11-21(17-24(23)39-4)29-27(30(36)25-16-20-9-7-8-10-22(20)41-25)31(37)32(38)35(29)33-34-28-19(3)14-18(2)15-26(28)42-33/h7-12,14-17,29,37H,5-6,13H2,1-4H3/t29-/m0/s1. The lowest BCUT2D eigenvalue weighted by molar-refractivity contribution is -0.117. The number of aliphatic hydroxyl groups excluding tert-OH is 1. The number of aryl methyl sites for hydroxylation is 2. The van der Waals surface area contributed by atoms with Gasteiger partial charge in [-0.05, 0) is 67.3 Å². The number of aromatic nitrogens is 1. The Morgan fingerprint density at radius 3 is 2.67 bits per heavy atom. The van der Waals surface area contributed by atoms with Crippen molar-refractivity contribution >= 4 is 49.3 Å². The SMILES string of the molecule is CCCCOc1ccc([C@H]2C(C(=O)c3cc4ccccc4o3)=C(O)C(=O)N2c2nc3c(C)cc(C)cc3s2)cc1OC. The number of nitrogens with zero attached hydrogens (tertiary/aromatic N) is 2.